The lowest BCUT2D eigenvalue weighted by Gasteiger charge is -2.32. The van der Waals surface area contributed by atoms with Crippen LogP contribution in [0.2, 0.25) is 5.02 Å². The second-order valence-electron chi connectivity index (χ2n) is 5.18. The highest BCUT2D eigenvalue weighted by Crippen LogP contribution is 2.27. The number of piperidine rings is 1. The van der Waals surface area contributed by atoms with Crippen molar-refractivity contribution in [3.05, 3.63) is 28.8 Å². The Labute approximate surface area is 130 Å². The minimum Gasteiger partial charge on any atom is -0.319 e. The van der Waals surface area contributed by atoms with Gasteiger partial charge in [-0.2, -0.15) is 9.57 Å². The Kier molecular flexibility index (Phi) is 5.22. The fraction of sp³-hybridized carbons (Fsp3) is 0.500. The van der Waals surface area contributed by atoms with E-state index < -0.39 is 10.0 Å². The SMILES string of the molecule is CNCC1CCCN(S(=O)(=O)c2cc(Cl)ccc2C#N)C1. The first kappa shape index (κ1) is 16.2. The minimum atomic E-state index is -3.68. The van der Waals surface area contributed by atoms with Crippen LogP contribution < -0.4 is 5.32 Å². The van der Waals surface area contributed by atoms with E-state index in [9.17, 15) is 8.42 Å². The normalized spacial score (nSPS) is 20.1. The molecule has 0 saturated carbocycles. The van der Waals surface area contributed by atoms with Crippen molar-refractivity contribution in [3.63, 3.8) is 0 Å². The van der Waals surface area contributed by atoms with E-state index in [0.717, 1.165) is 19.4 Å². The number of hydrogen-bond donors (Lipinski definition) is 1. The molecule has 1 aromatic rings. The maximum atomic E-state index is 12.8. The Morgan fingerprint density at radius 1 is 1.52 bits per heavy atom. The Balaban J connectivity index is 2.34. The first-order valence-corrected chi connectivity index (χ1v) is 8.65. The molecule has 1 aliphatic heterocycles. The maximum absolute atomic E-state index is 12.8. The van der Waals surface area contributed by atoms with Gasteiger partial charge in [-0.3, -0.25) is 0 Å². The van der Waals surface area contributed by atoms with Gasteiger partial charge in [0.2, 0.25) is 10.0 Å². The zero-order valence-electron chi connectivity index (χ0n) is 11.8. The van der Waals surface area contributed by atoms with Gasteiger partial charge in [-0.1, -0.05) is 11.6 Å². The van der Waals surface area contributed by atoms with Crippen molar-refractivity contribution in [2.45, 2.75) is 17.7 Å². The molecule has 5 nitrogen and oxygen atoms in total. The minimum absolute atomic E-state index is 0.00241. The molecule has 1 unspecified atom stereocenters. The summed E-state index contributed by atoms with van der Waals surface area (Å²) in [5, 5.41) is 12.5. The Morgan fingerprint density at radius 2 is 2.29 bits per heavy atom. The summed E-state index contributed by atoms with van der Waals surface area (Å²) < 4.78 is 27.0. The fourth-order valence-electron chi connectivity index (χ4n) is 2.64. The Morgan fingerprint density at radius 3 is 2.95 bits per heavy atom. The van der Waals surface area contributed by atoms with Crippen LogP contribution in [0.4, 0.5) is 0 Å². The lowest BCUT2D eigenvalue weighted by atomic mass is 10.00. The van der Waals surface area contributed by atoms with E-state index in [0.29, 0.717) is 24.0 Å². The smallest absolute Gasteiger partial charge is 0.244 e. The molecule has 21 heavy (non-hydrogen) atoms. The van der Waals surface area contributed by atoms with Crippen LogP contribution in [0.25, 0.3) is 0 Å². The van der Waals surface area contributed by atoms with Gasteiger partial charge in [0.1, 0.15) is 11.0 Å². The van der Waals surface area contributed by atoms with Crippen LogP contribution in [0.15, 0.2) is 23.1 Å². The second kappa shape index (κ2) is 6.75. The first-order valence-electron chi connectivity index (χ1n) is 6.83. The van der Waals surface area contributed by atoms with Crippen molar-refractivity contribution in [1.29, 1.82) is 5.26 Å². The number of hydrogen-bond acceptors (Lipinski definition) is 4. The molecule has 0 spiro atoms. The fourth-order valence-corrected chi connectivity index (χ4v) is 4.60. The molecule has 1 saturated heterocycles. The van der Waals surface area contributed by atoms with Gasteiger partial charge < -0.3 is 5.32 Å². The zero-order valence-corrected chi connectivity index (χ0v) is 13.4. The van der Waals surface area contributed by atoms with Crippen molar-refractivity contribution < 1.29 is 8.42 Å². The summed E-state index contributed by atoms with van der Waals surface area (Å²) in [7, 11) is -1.82. The zero-order chi connectivity index (χ0) is 15.5. The maximum Gasteiger partial charge on any atom is 0.244 e. The molecular weight excluding hydrogens is 310 g/mol. The van der Waals surface area contributed by atoms with E-state index in [1.807, 2.05) is 13.1 Å². The van der Waals surface area contributed by atoms with Gasteiger partial charge in [0.05, 0.1) is 5.56 Å². The van der Waals surface area contributed by atoms with Gasteiger partial charge in [-0.25, -0.2) is 8.42 Å². The molecule has 0 aliphatic carbocycles. The largest absolute Gasteiger partial charge is 0.319 e. The molecule has 1 fully saturated rings. The van der Waals surface area contributed by atoms with Crippen molar-refractivity contribution in [3.8, 4) is 6.07 Å². The molecule has 1 atom stereocenters. The van der Waals surface area contributed by atoms with Crippen LogP contribution in [0.5, 0.6) is 0 Å². The summed E-state index contributed by atoms with van der Waals surface area (Å²) in [5.41, 5.74) is 0.134. The number of rotatable bonds is 4. The average Bonchev–Trinajstić information content (AvgIpc) is 2.48. The monoisotopic (exact) mass is 327 g/mol. The highest BCUT2D eigenvalue weighted by molar-refractivity contribution is 7.89. The highest BCUT2D eigenvalue weighted by Gasteiger charge is 2.31. The van der Waals surface area contributed by atoms with Gasteiger partial charge in [-0.15, -0.1) is 0 Å². The van der Waals surface area contributed by atoms with Crippen LogP contribution >= 0.6 is 11.6 Å². The van der Waals surface area contributed by atoms with Crippen molar-refractivity contribution in [2.75, 3.05) is 26.7 Å². The molecule has 114 valence electrons. The van der Waals surface area contributed by atoms with Crippen LogP contribution in [-0.4, -0.2) is 39.4 Å². The molecular formula is C14H18ClN3O2S. The molecule has 2 rings (SSSR count). The number of nitrogens with one attached hydrogen (secondary N) is 1. The summed E-state index contributed by atoms with van der Waals surface area (Å²) in [6.07, 6.45) is 1.83. The third-order valence-corrected chi connectivity index (χ3v) is 5.80. The third kappa shape index (κ3) is 3.55. The topological polar surface area (TPSA) is 73.2 Å². The van der Waals surface area contributed by atoms with E-state index in [-0.39, 0.29) is 10.5 Å². The van der Waals surface area contributed by atoms with E-state index in [1.54, 1.807) is 0 Å². The summed E-state index contributed by atoms with van der Waals surface area (Å²) in [6, 6.07) is 6.26. The number of nitriles is 1. The molecule has 0 amide bonds. The van der Waals surface area contributed by atoms with Crippen LogP contribution in [-0.2, 0) is 10.0 Å². The molecule has 0 radical (unpaired) electrons. The number of halogens is 1. The molecule has 1 aromatic carbocycles. The second-order valence-corrected chi connectivity index (χ2v) is 7.52. The number of benzene rings is 1. The van der Waals surface area contributed by atoms with Crippen molar-refractivity contribution in [2.24, 2.45) is 5.92 Å². The predicted molar refractivity (Wildman–Crippen MR) is 81.6 cm³/mol. The van der Waals surface area contributed by atoms with Crippen LogP contribution in [0.3, 0.4) is 0 Å². The standard InChI is InChI=1S/C14H18ClN3O2S/c1-17-9-11-3-2-6-18(10-11)21(19,20)14-7-13(15)5-4-12(14)8-16/h4-5,7,11,17H,2-3,6,9-10H2,1H3. The Bertz CT molecular complexity index is 653. The van der Waals surface area contributed by atoms with Crippen molar-refractivity contribution in [1.82, 2.24) is 9.62 Å². The van der Waals surface area contributed by atoms with Crippen LogP contribution in [0, 0.1) is 17.2 Å². The Hall–Kier alpha value is -1.13. The molecule has 1 heterocycles. The van der Waals surface area contributed by atoms with E-state index in [1.165, 1.54) is 22.5 Å². The molecule has 1 N–H and O–H groups in total. The molecule has 0 aromatic heterocycles. The van der Waals surface area contributed by atoms with Crippen molar-refractivity contribution >= 4 is 21.6 Å². The predicted octanol–water partition coefficient (Wildman–Crippen LogP) is 1.83. The van der Waals surface area contributed by atoms with E-state index >= 15 is 0 Å². The van der Waals surface area contributed by atoms with Gasteiger partial charge in [-0.05, 0) is 50.6 Å². The number of sulfonamides is 1. The summed E-state index contributed by atoms with van der Waals surface area (Å²) >= 11 is 5.89. The molecule has 1 aliphatic rings. The average molecular weight is 328 g/mol. The molecule has 7 heteroatoms. The lowest BCUT2D eigenvalue weighted by molar-refractivity contribution is 0.263. The molecule has 0 bridgehead atoms. The summed E-state index contributed by atoms with van der Waals surface area (Å²) in [6.45, 7) is 1.74. The first-order chi connectivity index (χ1) is 9.98. The van der Waals surface area contributed by atoms with E-state index in [4.69, 9.17) is 16.9 Å². The highest BCUT2D eigenvalue weighted by atomic mass is 35.5. The quantitative estimate of drug-likeness (QED) is 0.915. The summed E-state index contributed by atoms with van der Waals surface area (Å²) in [4.78, 5) is 0.00241. The van der Waals surface area contributed by atoms with Gasteiger partial charge >= 0.3 is 0 Å². The number of nitrogens with zero attached hydrogens (tertiary/aromatic N) is 2. The lowest BCUT2D eigenvalue weighted by Crippen LogP contribution is -2.42. The van der Waals surface area contributed by atoms with E-state index in [2.05, 4.69) is 5.32 Å². The van der Waals surface area contributed by atoms with Gasteiger partial charge in [0, 0.05) is 18.1 Å². The van der Waals surface area contributed by atoms with Gasteiger partial charge in [0.25, 0.3) is 0 Å². The third-order valence-electron chi connectivity index (χ3n) is 3.66. The summed E-state index contributed by atoms with van der Waals surface area (Å²) in [5.74, 6) is 0.295. The van der Waals surface area contributed by atoms with Crippen LogP contribution in [0.1, 0.15) is 18.4 Å². The van der Waals surface area contributed by atoms with Gasteiger partial charge in [0.15, 0.2) is 0 Å².